The highest BCUT2D eigenvalue weighted by Gasteiger charge is 2.65. The van der Waals surface area contributed by atoms with Gasteiger partial charge in [0.1, 0.15) is 11.9 Å². The Bertz CT molecular complexity index is 1480. The molecule has 47 heavy (non-hydrogen) atoms. The molecule has 0 aliphatic heterocycles. The van der Waals surface area contributed by atoms with Gasteiger partial charge in [0.2, 0.25) is 0 Å². The fraction of sp³-hybridized carbons (Fsp3) is 0.650. The molecule has 0 spiro atoms. The van der Waals surface area contributed by atoms with Crippen LogP contribution in [0.4, 0.5) is 13.2 Å². The monoisotopic (exact) mass is 654 g/mol. The van der Waals surface area contributed by atoms with Gasteiger partial charge < -0.3 is 9.47 Å². The molecule has 0 unspecified atom stereocenters. The van der Waals surface area contributed by atoms with E-state index in [0.29, 0.717) is 18.6 Å². The fourth-order valence-electron chi connectivity index (χ4n) is 10.4. The van der Waals surface area contributed by atoms with Gasteiger partial charge in [-0.15, -0.1) is 0 Å². The van der Waals surface area contributed by atoms with Crippen LogP contribution < -0.4 is 0 Å². The summed E-state index contributed by atoms with van der Waals surface area (Å²) in [6.45, 7) is 17.3. The van der Waals surface area contributed by atoms with Crippen molar-refractivity contribution in [3.05, 3.63) is 70.8 Å². The zero-order chi connectivity index (χ0) is 34.8. The van der Waals surface area contributed by atoms with Crippen LogP contribution in [-0.4, -0.2) is 31.1 Å². The molecule has 7 heteroatoms. The van der Waals surface area contributed by atoms with E-state index < -0.39 is 23.9 Å². The first kappa shape index (κ1) is 35.6. The third-order valence-electron chi connectivity index (χ3n) is 13.3. The minimum absolute atomic E-state index is 0.0383. The number of carbonyl (C=O) groups is 2. The van der Waals surface area contributed by atoms with Crippen molar-refractivity contribution >= 4 is 11.8 Å². The molecule has 0 heterocycles. The predicted octanol–water partition coefficient (Wildman–Crippen LogP) is 10.1. The molecular weight excluding hydrogens is 601 g/mol. The summed E-state index contributed by atoms with van der Waals surface area (Å²) < 4.78 is 54.8. The lowest BCUT2D eigenvalue weighted by Crippen LogP contribution is -2.53. The van der Waals surface area contributed by atoms with Crippen LogP contribution in [0.5, 0.6) is 0 Å². The summed E-state index contributed by atoms with van der Waals surface area (Å²) >= 11 is 0. The van der Waals surface area contributed by atoms with Crippen molar-refractivity contribution < 1.29 is 32.2 Å². The highest BCUT2D eigenvalue weighted by molar-refractivity contribution is 5.86. The molecule has 5 rings (SSSR count). The molecule has 2 saturated carbocycles. The van der Waals surface area contributed by atoms with Crippen LogP contribution in [0, 0.1) is 39.4 Å². The highest BCUT2D eigenvalue weighted by Crippen LogP contribution is 2.71. The van der Waals surface area contributed by atoms with E-state index in [1.54, 1.807) is 12.1 Å². The zero-order valence-corrected chi connectivity index (χ0v) is 29.6. The average Bonchev–Trinajstić information content (AvgIpc) is 3.26. The number of fused-ring (bicyclic) bond motifs is 5. The van der Waals surface area contributed by atoms with E-state index in [1.165, 1.54) is 35.4 Å². The Balaban J connectivity index is 1.42. The summed E-state index contributed by atoms with van der Waals surface area (Å²) in [7, 11) is 0.903. The van der Waals surface area contributed by atoms with Gasteiger partial charge in [-0.05, 0) is 104 Å². The summed E-state index contributed by atoms with van der Waals surface area (Å²) in [5.74, 6) is -0.459. The summed E-state index contributed by atoms with van der Waals surface area (Å²) in [5, 5.41) is 0. The van der Waals surface area contributed by atoms with Crippen LogP contribution in [0.1, 0.15) is 106 Å². The Kier molecular flexibility index (Phi) is 9.12. The van der Waals surface area contributed by atoms with Gasteiger partial charge in [-0.1, -0.05) is 89.6 Å². The van der Waals surface area contributed by atoms with Crippen LogP contribution in [0.25, 0.3) is 0 Å². The first-order valence-corrected chi connectivity index (χ1v) is 17.3. The van der Waals surface area contributed by atoms with Crippen LogP contribution in [0.3, 0.4) is 0 Å². The van der Waals surface area contributed by atoms with E-state index in [-0.39, 0.29) is 45.0 Å². The van der Waals surface area contributed by atoms with Gasteiger partial charge in [-0.3, -0.25) is 4.79 Å². The van der Waals surface area contributed by atoms with Crippen LogP contribution in [-0.2, 0) is 24.7 Å². The summed E-state index contributed by atoms with van der Waals surface area (Å²) in [5.41, 5.74) is -0.329. The van der Waals surface area contributed by atoms with Crippen molar-refractivity contribution in [1.29, 1.82) is 0 Å². The number of hydrogen-bond acceptors (Lipinski definition) is 4. The maximum Gasteiger partial charge on any atom is 0.432 e. The molecule has 0 saturated heterocycles. The predicted molar refractivity (Wildman–Crippen MR) is 178 cm³/mol. The second kappa shape index (κ2) is 12.0. The number of carbonyl (C=O) groups excluding carboxylic acids is 2. The van der Waals surface area contributed by atoms with Crippen LogP contribution in [0.2, 0.25) is 0 Å². The molecule has 258 valence electrons. The molecule has 1 aromatic carbocycles. The fourth-order valence-corrected chi connectivity index (χ4v) is 10.4. The molecule has 4 aliphatic carbocycles. The van der Waals surface area contributed by atoms with Gasteiger partial charge >= 0.3 is 12.1 Å². The number of alkyl halides is 3. The molecule has 0 N–H and O–H groups in total. The van der Waals surface area contributed by atoms with E-state index in [4.69, 9.17) is 9.47 Å². The lowest BCUT2D eigenvalue weighted by molar-refractivity contribution is -0.277. The number of halogens is 3. The smallest absolute Gasteiger partial charge is 0.432 e. The maximum atomic E-state index is 14.7. The van der Waals surface area contributed by atoms with Gasteiger partial charge in [0.25, 0.3) is 5.60 Å². The van der Waals surface area contributed by atoms with Crippen molar-refractivity contribution in [1.82, 2.24) is 0 Å². The molecule has 0 bridgehead atoms. The number of Topliss-reactive ketones (excluding diaryl/α,β-unsaturated/α-hetero) is 1. The standard InChI is InChI=1S/C40H53F3O4/c1-25(2)23-28(47-34(45)39(46-9,40(41,42)43)27-13-11-10-12-14-27)24-26(3)29-17-21-38(8)31-15-16-32-35(4,5)33(44)19-20-36(32,6)30(31)18-22-37(29,38)7/h10-15,18,23,26,28-29,32H,16-17,19-22,24H2,1-9H3/t26-,28+,29-,32-,36+,37-,38+,39-/m0/s1. The number of allylic oxidation sites excluding steroid dienone is 5. The third kappa shape index (κ3) is 5.38. The number of hydrogen-bond donors (Lipinski definition) is 0. The van der Waals surface area contributed by atoms with Gasteiger partial charge in [0.05, 0.1) is 0 Å². The minimum atomic E-state index is -5.03. The molecule has 4 nitrogen and oxygen atoms in total. The van der Waals surface area contributed by atoms with E-state index >= 15 is 0 Å². The molecule has 0 aromatic heterocycles. The molecule has 4 aliphatic rings. The Morgan fingerprint density at radius 2 is 1.68 bits per heavy atom. The molecule has 8 atom stereocenters. The SMILES string of the molecule is CO[C@](C(=O)O[C@H](C=C(C)C)C[C@H](C)[C@@H]1CC[C@]2(C)C3=CC[C@H]4C(C)(C)C(=O)CC[C@]4(C)C3=CC[C@@]12C)(c1ccccc1)C(F)(F)F. The summed E-state index contributed by atoms with van der Waals surface area (Å²) in [6, 6.07) is 7.00. The first-order valence-electron chi connectivity index (χ1n) is 17.3. The topological polar surface area (TPSA) is 52.6 Å². The Labute approximate surface area is 279 Å². The van der Waals surface area contributed by atoms with E-state index in [2.05, 4.69) is 53.7 Å². The maximum absolute atomic E-state index is 14.7. The van der Waals surface area contributed by atoms with Crippen molar-refractivity contribution in [3.8, 4) is 0 Å². The number of rotatable bonds is 8. The van der Waals surface area contributed by atoms with Crippen LogP contribution in [0.15, 0.2) is 65.3 Å². The lowest BCUT2D eigenvalue weighted by Gasteiger charge is -2.59. The second-order valence-corrected chi connectivity index (χ2v) is 16.3. The molecule has 0 radical (unpaired) electrons. The second-order valence-electron chi connectivity index (χ2n) is 16.3. The van der Waals surface area contributed by atoms with Gasteiger partial charge in [-0.25, -0.2) is 4.79 Å². The van der Waals surface area contributed by atoms with Crippen molar-refractivity contribution in [2.75, 3.05) is 7.11 Å². The quantitative estimate of drug-likeness (QED) is 0.207. The Morgan fingerprint density at radius 3 is 2.28 bits per heavy atom. The normalized spacial score (nSPS) is 34.0. The number of benzene rings is 1. The number of esters is 1. The average molecular weight is 655 g/mol. The third-order valence-corrected chi connectivity index (χ3v) is 13.3. The van der Waals surface area contributed by atoms with Crippen LogP contribution >= 0.6 is 0 Å². The number of methoxy groups -OCH3 is 1. The van der Waals surface area contributed by atoms with Gasteiger partial charge in [-0.2, -0.15) is 13.2 Å². The van der Waals surface area contributed by atoms with Crippen molar-refractivity contribution in [2.24, 2.45) is 39.4 Å². The summed E-state index contributed by atoms with van der Waals surface area (Å²) in [6.07, 6.45) is 6.50. The Hall–Kier alpha value is -2.67. The molecular formula is C40H53F3O4. The number of ether oxygens (including phenoxy) is 2. The molecule has 0 amide bonds. The molecule has 1 aromatic rings. The largest absolute Gasteiger partial charge is 0.455 e. The lowest BCUT2D eigenvalue weighted by atomic mass is 9.44. The highest BCUT2D eigenvalue weighted by atomic mass is 19.4. The van der Waals surface area contributed by atoms with E-state index in [9.17, 15) is 22.8 Å². The Morgan fingerprint density at radius 1 is 1.02 bits per heavy atom. The minimum Gasteiger partial charge on any atom is -0.455 e. The van der Waals surface area contributed by atoms with E-state index in [0.717, 1.165) is 44.8 Å². The van der Waals surface area contributed by atoms with Gasteiger partial charge in [0, 0.05) is 24.5 Å². The van der Waals surface area contributed by atoms with E-state index in [1.807, 2.05) is 13.8 Å². The number of ketones is 1. The van der Waals surface area contributed by atoms with Crippen molar-refractivity contribution in [3.63, 3.8) is 0 Å². The van der Waals surface area contributed by atoms with Crippen molar-refractivity contribution in [2.45, 2.75) is 118 Å². The first-order chi connectivity index (χ1) is 21.8. The van der Waals surface area contributed by atoms with Gasteiger partial charge in [0.15, 0.2) is 0 Å². The molecule has 2 fully saturated rings. The zero-order valence-electron chi connectivity index (χ0n) is 29.6. The summed E-state index contributed by atoms with van der Waals surface area (Å²) in [4.78, 5) is 26.6.